The highest BCUT2D eigenvalue weighted by atomic mass is 16.3. The van der Waals surface area contributed by atoms with E-state index in [9.17, 15) is 5.11 Å². The van der Waals surface area contributed by atoms with Crippen LogP contribution in [0.2, 0.25) is 0 Å². The summed E-state index contributed by atoms with van der Waals surface area (Å²) in [6, 6.07) is 7.46. The Morgan fingerprint density at radius 2 is 1.47 bits per heavy atom. The lowest BCUT2D eigenvalue weighted by molar-refractivity contribution is 0.447. The molecule has 1 aromatic carbocycles. The van der Waals surface area contributed by atoms with Crippen LogP contribution in [0.3, 0.4) is 0 Å². The van der Waals surface area contributed by atoms with Gasteiger partial charge in [0.25, 0.3) is 0 Å². The molecule has 1 rings (SSSR count). The Morgan fingerprint density at radius 3 is 1.71 bits per heavy atom. The maximum atomic E-state index is 9.45. The fraction of sp³-hybridized carbons (Fsp3) is 0.571. The summed E-state index contributed by atoms with van der Waals surface area (Å²) < 4.78 is 0. The van der Waals surface area contributed by atoms with Crippen molar-refractivity contribution < 1.29 is 5.11 Å². The second kappa shape index (κ2) is 6.03. The first kappa shape index (κ1) is 15.9. The normalized spacial score (nSPS) is 11.7. The average Bonchev–Trinajstić information content (AvgIpc) is 2.16. The van der Waals surface area contributed by atoms with Gasteiger partial charge in [-0.25, -0.2) is 0 Å². The first-order chi connectivity index (χ1) is 7.58. The highest BCUT2D eigenvalue weighted by molar-refractivity contribution is 5.36. The molecule has 0 saturated carbocycles. The van der Waals surface area contributed by atoms with Gasteiger partial charge < -0.3 is 16.6 Å². The molecule has 17 heavy (non-hydrogen) atoms. The van der Waals surface area contributed by atoms with Gasteiger partial charge in [-0.1, -0.05) is 39.0 Å². The summed E-state index contributed by atoms with van der Waals surface area (Å²) in [5.41, 5.74) is 11.4. The van der Waals surface area contributed by atoms with Crippen molar-refractivity contribution >= 4 is 0 Å². The van der Waals surface area contributed by atoms with Gasteiger partial charge in [-0.15, -0.1) is 0 Å². The topological polar surface area (TPSA) is 72.3 Å². The number of rotatable bonds is 1. The molecule has 0 amide bonds. The van der Waals surface area contributed by atoms with Gasteiger partial charge in [-0.05, 0) is 30.9 Å². The number of nitrogens with two attached hydrogens (primary N) is 2. The van der Waals surface area contributed by atoms with Crippen molar-refractivity contribution in [1.82, 2.24) is 0 Å². The van der Waals surface area contributed by atoms with Gasteiger partial charge in [0.15, 0.2) is 0 Å². The van der Waals surface area contributed by atoms with E-state index in [1.165, 1.54) is 0 Å². The molecule has 0 saturated heterocycles. The van der Waals surface area contributed by atoms with Crippen molar-refractivity contribution in [3.8, 4) is 5.75 Å². The molecular weight excluding hydrogens is 212 g/mol. The van der Waals surface area contributed by atoms with Crippen LogP contribution in [0, 0.1) is 0 Å². The van der Waals surface area contributed by atoms with Crippen LogP contribution in [0.4, 0.5) is 0 Å². The minimum absolute atomic E-state index is 0.0331. The number of aromatic hydroxyl groups is 1. The Kier molecular flexibility index (Phi) is 5.66. The molecular formula is C14H26N2O. The molecule has 98 valence electrons. The molecule has 0 unspecified atom stereocenters. The van der Waals surface area contributed by atoms with Crippen LogP contribution < -0.4 is 11.5 Å². The van der Waals surface area contributed by atoms with Crippen LogP contribution in [0.25, 0.3) is 0 Å². The van der Waals surface area contributed by atoms with E-state index in [0.717, 1.165) is 5.56 Å². The molecule has 5 N–H and O–H groups in total. The molecule has 3 nitrogen and oxygen atoms in total. The van der Waals surface area contributed by atoms with Crippen LogP contribution in [-0.2, 0) is 5.41 Å². The Labute approximate surface area is 105 Å². The molecule has 0 spiro atoms. The first-order valence-electron chi connectivity index (χ1n) is 5.85. The second-order valence-electron chi connectivity index (χ2n) is 5.96. The van der Waals surface area contributed by atoms with Crippen molar-refractivity contribution in [1.29, 1.82) is 0 Å². The van der Waals surface area contributed by atoms with Crippen molar-refractivity contribution in [3.63, 3.8) is 0 Å². The van der Waals surface area contributed by atoms with Gasteiger partial charge in [-0.2, -0.15) is 0 Å². The zero-order valence-electron chi connectivity index (χ0n) is 11.6. The third-order valence-electron chi connectivity index (χ3n) is 2.24. The third-order valence-corrected chi connectivity index (χ3v) is 2.24. The number of benzene rings is 1. The van der Waals surface area contributed by atoms with Crippen LogP contribution in [0.15, 0.2) is 24.3 Å². The summed E-state index contributed by atoms with van der Waals surface area (Å²) in [6.07, 6.45) is 0. The first-order valence-corrected chi connectivity index (χ1v) is 5.85. The van der Waals surface area contributed by atoms with E-state index < -0.39 is 0 Å². The molecule has 0 radical (unpaired) electrons. The predicted octanol–water partition coefficient (Wildman–Crippen LogP) is 2.37. The van der Waals surface area contributed by atoms with Crippen molar-refractivity contribution in [2.75, 3.05) is 6.54 Å². The molecule has 0 aliphatic carbocycles. The molecule has 0 aliphatic heterocycles. The van der Waals surface area contributed by atoms with Gasteiger partial charge in [-0.3, -0.25) is 0 Å². The van der Waals surface area contributed by atoms with Crippen molar-refractivity contribution in [2.24, 2.45) is 11.5 Å². The van der Waals surface area contributed by atoms with E-state index in [-0.39, 0.29) is 11.0 Å². The predicted molar refractivity (Wildman–Crippen MR) is 74.1 cm³/mol. The Bertz CT molecular complexity index is 335. The van der Waals surface area contributed by atoms with Gasteiger partial charge in [0.2, 0.25) is 0 Å². The largest absolute Gasteiger partial charge is 0.508 e. The standard InChI is InChI=1S/C10H14O.C4H12N2/c1-10(2,3)8-6-4-5-7-9(8)11;1-4(2,6)3-5/h4-7,11H,1-3H3;3,5-6H2,1-2H3. The SMILES string of the molecule is CC(C)(C)c1ccccc1O.CC(C)(N)CN. The lowest BCUT2D eigenvalue weighted by atomic mass is 9.86. The zero-order valence-corrected chi connectivity index (χ0v) is 11.6. The molecule has 1 aromatic rings. The smallest absolute Gasteiger partial charge is 0.119 e. The Morgan fingerprint density at radius 1 is 1.06 bits per heavy atom. The summed E-state index contributed by atoms with van der Waals surface area (Å²) in [5.74, 6) is 0.389. The summed E-state index contributed by atoms with van der Waals surface area (Å²) in [7, 11) is 0. The van der Waals surface area contributed by atoms with Crippen molar-refractivity contribution in [3.05, 3.63) is 29.8 Å². The number of hydrogen-bond donors (Lipinski definition) is 3. The van der Waals surface area contributed by atoms with E-state index in [4.69, 9.17) is 11.5 Å². The monoisotopic (exact) mass is 238 g/mol. The zero-order chi connectivity index (χ0) is 13.7. The van der Waals surface area contributed by atoms with Gasteiger partial charge in [0, 0.05) is 12.1 Å². The van der Waals surface area contributed by atoms with Gasteiger partial charge in [0.1, 0.15) is 5.75 Å². The molecule has 3 heteroatoms. The fourth-order valence-electron chi connectivity index (χ4n) is 1.11. The maximum Gasteiger partial charge on any atom is 0.119 e. The van der Waals surface area contributed by atoms with E-state index >= 15 is 0 Å². The summed E-state index contributed by atoms with van der Waals surface area (Å²) in [4.78, 5) is 0. The van der Waals surface area contributed by atoms with Crippen LogP contribution in [0.1, 0.15) is 40.2 Å². The minimum Gasteiger partial charge on any atom is -0.508 e. The maximum absolute atomic E-state index is 9.45. The quantitative estimate of drug-likeness (QED) is 0.703. The lowest BCUT2D eigenvalue weighted by Gasteiger charge is -2.19. The average molecular weight is 238 g/mol. The second-order valence-corrected chi connectivity index (χ2v) is 5.96. The minimum atomic E-state index is -0.181. The van der Waals surface area contributed by atoms with E-state index in [0.29, 0.717) is 12.3 Å². The highest BCUT2D eigenvalue weighted by Crippen LogP contribution is 2.29. The molecule has 0 bridgehead atoms. The number of hydrogen-bond acceptors (Lipinski definition) is 3. The molecule has 0 aromatic heterocycles. The Hall–Kier alpha value is -1.06. The van der Waals surface area contributed by atoms with Crippen LogP contribution in [-0.4, -0.2) is 17.2 Å². The number of para-hydroxylation sites is 1. The van der Waals surface area contributed by atoms with Gasteiger partial charge >= 0.3 is 0 Å². The molecule has 0 heterocycles. The summed E-state index contributed by atoms with van der Waals surface area (Å²) in [6.45, 7) is 10.6. The van der Waals surface area contributed by atoms with Crippen LogP contribution in [0.5, 0.6) is 5.75 Å². The van der Waals surface area contributed by atoms with E-state index in [2.05, 4.69) is 20.8 Å². The molecule has 0 fully saturated rings. The summed E-state index contributed by atoms with van der Waals surface area (Å²) in [5, 5.41) is 9.45. The van der Waals surface area contributed by atoms with E-state index in [1.54, 1.807) is 6.07 Å². The highest BCUT2D eigenvalue weighted by Gasteiger charge is 2.16. The number of phenolic OH excluding ortho intramolecular Hbond substituents is 1. The van der Waals surface area contributed by atoms with Gasteiger partial charge in [0.05, 0.1) is 0 Å². The van der Waals surface area contributed by atoms with Crippen molar-refractivity contribution in [2.45, 2.75) is 45.6 Å². The number of phenols is 1. The van der Waals surface area contributed by atoms with Crippen LogP contribution >= 0.6 is 0 Å². The van der Waals surface area contributed by atoms with E-state index in [1.807, 2.05) is 32.0 Å². The third kappa shape index (κ3) is 6.97. The lowest BCUT2D eigenvalue weighted by Crippen LogP contribution is -2.40. The summed E-state index contributed by atoms with van der Waals surface area (Å²) >= 11 is 0. The fourth-order valence-corrected chi connectivity index (χ4v) is 1.11. The molecule has 0 aliphatic rings. The Balaban J connectivity index is 0.000000366. The molecule has 0 atom stereocenters.